The van der Waals surface area contributed by atoms with Gasteiger partial charge in [0.2, 0.25) is 0 Å². The molecule has 4 nitrogen and oxygen atoms in total. The highest BCUT2D eigenvalue weighted by Crippen LogP contribution is 2.04. The predicted octanol–water partition coefficient (Wildman–Crippen LogP) is 2.46. The van der Waals surface area contributed by atoms with E-state index in [1.807, 2.05) is 0 Å². The zero-order valence-electron chi connectivity index (χ0n) is 11.2. The van der Waals surface area contributed by atoms with Crippen LogP contribution in [0.25, 0.3) is 0 Å². The fourth-order valence-corrected chi connectivity index (χ4v) is 2.04. The molecule has 0 bridgehead atoms. The number of nitrogens with zero attached hydrogens (tertiary/aromatic N) is 1. The second-order valence-corrected chi connectivity index (χ2v) is 4.94. The van der Waals surface area contributed by atoms with Crippen LogP contribution in [0.15, 0.2) is 47.4 Å². The highest BCUT2D eigenvalue weighted by Gasteiger charge is 2.05. The molecule has 0 aliphatic heterocycles. The smallest absolute Gasteiger partial charge is 0.251 e. The Morgan fingerprint density at radius 1 is 1.29 bits per heavy atom. The lowest BCUT2D eigenvalue weighted by molar-refractivity contribution is 0.0952. The maximum absolute atomic E-state index is 13.0. The summed E-state index contributed by atoms with van der Waals surface area (Å²) in [6.07, 6.45) is 2.12. The maximum atomic E-state index is 13.0. The van der Waals surface area contributed by atoms with Gasteiger partial charge in [-0.15, -0.1) is 0 Å². The van der Waals surface area contributed by atoms with Crippen molar-refractivity contribution in [3.63, 3.8) is 0 Å². The molecule has 0 unspecified atom stereocenters. The van der Waals surface area contributed by atoms with Crippen LogP contribution in [0.3, 0.4) is 0 Å². The minimum absolute atomic E-state index is 0.143. The first-order valence-corrected chi connectivity index (χ1v) is 6.84. The summed E-state index contributed by atoms with van der Waals surface area (Å²) in [4.78, 5) is 23.3. The molecule has 2 rings (SSSR count). The quantitative estimate of drug-likeness (QED) is 0.863. The van der Waals surface area contributed by atoms with Gasteiger partial charge in [0.25, 0.3) is 11.5 Å². The van der Waals surface area contributed by atoms with Gasteiger partial charge in [0.05, 0.1) is 5.02 Å². The number of nitrogens with one attached hydrogen (secondary N) is 1. The molecule has 6 heteroatoms. The number of rotatable bonds is 5. The Morgan fingerprint density at radius 2 is 2.10 bits per heavy atom. The third-order valence-electron chi connectivity index (χ3n) is 2.90. The number of carbonyl (C=O) groups excluding carboxylic acids is 1. The minimum Gasteiger partial charge on any atom is -0.352 e. The summed E-state index contributed by atoms with van der Waals surface area (Å²) >= 11 is 5.81. The number of pyridine rings is 1. The van der Waals surface area contributed by atoms with Gasteiger partial charge in [-0.2, -0.15) is 0 Å². The Kier molecular flexibility index (Phi) is 5.11. The van der Waals surface area contributed by atoms with Crippen molar-refractivity contribution < 1.29 is 9.18 Å². The molecule has 2 aromatic rings. The second-order valence-electron chi connectivity index (χ2n) is 4.50. The van der Waals surface area contributed by atoms with E-state index in [0.717, 1.165) is 0 Å². The number of hydrogen-bond acceptors (Lipinski definition) is 2. The van der Waals surface area contributed by atoms with Crippen molar-refractivity contribution in [3.8, 4) is 0 Å². The lowest BCUT2D eigenvalue weighted by Gasteiger charge is -2.07. The van der Waals surface area contributed by atoms with E-state index in [1.54, 1.807) is 12.3 Å². The van der Waals surface area contributed by atoms with Gasteiger partial charge >= 0.3 is 0 Å². The summed E-state index contributed by atoms with van der Waals surface area (Å²) in [6.45, 7) is 0.830. The van der Waals surface area contributed by atoms with Gasteiger partial charge in [-0.1, -0.05) is 17.7 Å². The van der Waals surface area contributed by atoms with Crippen LogP contribution < -0.4 is 10.9 Å². The number of halogens is 2. The molecule has 1 amide bonds. The number of aromatic nitrogens is 1. The summed E-state index contributed by atoms with van der Waals surface area (Å²) in [7, 11) is 0. The molecule has 1 aromatic carbocycles. The van der Waals surface area contributed by atoms with Gasteiger partial charge in [-0.25, -0.2) is 4.39 Å². The van der Waals surface area contributed by atoms with Crippen LogP contribution in [0.1, 0.15) is 16.8 Å². The normalized spacial score (nSPS) is 10.4. The molecule has 0 atom stereocenters. The Morgan fingerprint density at radius 3 is 2.86 bits per heavy atom. The van der Waals surface area contributed by atoms with Crippen LogP contribution in [0.4, 0.5) is 4.39 Å². The van der Waals surface area contributed by atoms with Crippen LogP contribution >= 0.6 is 11.6 Å². The molecule has 0 radical (unpaired) electrons. The molecule has 0 saturated carbocycles. The van der Waals surface area contributed by atoms with E-state index in [4.69, 9.17) is 11.6 Å². The molecule has 1 N–H and O–H groups in total. The molecule has 21 heavy (non-hydrogen) atoms. The first-order valence-electron chi connectivity index (χ1n) is 6.46. The van der Waals surface area contributed by atoms with Gasteiger partial charge in [0.1, 0.15) is 5.82 Å². The van der Waals surface area contributed by atoms with Gasteiger partial charge < -0.3 is 9.88 Å². The topological polar surface area (TPSA) is 51.1 Å². The van der Waals surface area contributed by atoms with Gasteiger partial charge in [0.15, 0.2) is 0 Å². The summed E-state index contributed by atoms with van der Waals surface area (Å²) in [6, 6.07) is 8.41. The zero-order chi connectivity index (χ0) is 15.2. The molecule has 0 fully saturated rings. The van der Waals surface area contributed by atoms with E-state index >= 15 is 0 Å². The Bertz CT molecular complexity index is 700. The van der Waals surface area contributed by atoms with Gasteiger partial charge in [-0.3, -0.25) is 9.59 Å². The van der Waals surface area contributed by atoms with E-state index in [-0.39, 0.29) is 17.0 Å². The molecule has 0 spiro atoms. The number of benzene rings is 1. The molecule has 1 aromatic heterocycles. The summed E-state index contributed by atoms with van der Waals surface area (Å²) < 4.78 is 14.5. The lowest BCUT2D eigenvalue weighted by Crippen LogP contribution is -2.26. The van der Waals surface area contributed by atoms with Crippen LogP contribution in [0.5, 0.6) is 0 Å². The molecule has 110 valence electrons. The number of carbonyl (C=O) groups is 1. The SMILES string of the molecule is O=C(NCCCn1cc(Cl)ccc1=O)c1cccc(F)c1. The van der Waals surface area contributed by atoms with Crippen LogP contribution in [-0.4, -0.2) is 17.0 Å². The first-order chi connectivity index (χ1) is 10.1. The second kappa shape index (κ2) is 7.04. The molecule has 0 aliphatic carbocycles. The van der Waals surface area contributed by atoms with Crippen LogP contribution in [-0.2, 0) is 6.54 Å². The highest BCUT2D eigenvalue weighted by atomic mass is 35.5. The molecular weight excluding hydrogens is 295 g/mol. The predicted molar refractivity (Wildman–Crippen MR) is 79.1 cm³/mol. The van der Waals surface area contributed by atoms with Crippen molar-refractivity contribution in [1.82, 2.24) is 9.88 Å². The lowest BCUT2D eigenvalue weighted by atomic mass is 10.2. The summed E-state index contributed by atoms with van der Waals surface area (Å²) in [5.74, 6) is -0.791. The van der Waals surface area contributed by atoms with Crippen molar-refractivity contribution >= 4 is 17.5 Å². The van der Waals surface area contributed by atoms with E-state index < -0.39 is 5.82 Å². The van der Waals surface area contributed by atoms with Crippen molar-refractivity contribution in [1.29, 1.82) is 0 Å². The van der Waals surface area contributed by atoms with Crippen molar-refractivity contribution in [3.05, 3.63) is 69.4 Å². The van der Waals surface area contributed by atoms with Crippen molar-refractivity contribution in [2.45, 2.75) is 13.0 Å². The maximum Gasteiger partial charge on any atom is 0.251 e. The third kappa shape index (κ3) is 4.43. The number of hydrogen-bond donors (Lipinski definition) is 1. The van der Waals surface area contributed by atoms with E-state index in [0.29, 0.717) is 24.5 Å². The number of aryl methyl sites for hydroxylation is 1. The average molecular weight is 309 g/mol. The van der Waals surface area contributed by atoms with Gasteiger partial charge in [0, 0.05) is 30.9 Å². The van der Waals surface area contributed by atoms with E-state index in [9.17, 15) is 14.0 Å². The third-order valence-corrected chi connectivity index (χ3v) is 3.12. The average Bonchev–Trinajstić information content (AvgIpc) is 2.46. The fraction of sp³-hybridized carbons (Fsp3) is 0.200. The minimum atomic E-state index is -0.451. The van der Waals surface area contributed by atoms with Crippen molar-refractivity contribution in [2.75, 3.05) is 6.54 Å². The molecule has 1 heterocycles. The van der Waals surface area contributed by atoms with E-state index in [1.165, 1.54) is 34.9 Å². The Hall–Kier alpha value is -2.14. The first kappa shape index (κ1) is 15.3. The highest BCUT2D eigenvalue weighted by molar-refractivity contribution is 6.30. The molecule has 0 saturated heterocycles. The monoisotopic (exact) mass is 308 g/mol. The molecular formula is C15H14ClFN2O2. The standard InChI is InChI=1S/C15H14ClFN2O2/c16-12-5-6-14(20)19(10-12)8-2-7-18-15(21)11-3-1-4-13(17)9-11/h1,3-6,9-10H,2,7-8H2,(H,18,21). The molecule has 0 aliphatic rings. The van der Waals surface area contributed by atoms with Gasteiger partial charge in [-0.05, 0) is 30.7 Å². The van der Waals surface area contributed by atoms with Crippen LogP contribution in [0, 0.1) is 5.82 Å². The van der Waals surface area contributed by atoms with E-state index in [2.05, 4.69) is 5.32 Å². The Balaban J connectivity index is 1.83. The fourth-order valence-electron chi connectivity index (χ4n) is 1.86. The summed E-state index contributed by atoms with van der Waals surface area (Å²) in [5.41, 5.74) is 0.130. The summed E-state index contributed by atoms with van der Waals surface area (Å²) in [5, 5.41) is 3.16. The largest absolute Gasteiger partial charge is 0.352 e. The zero-order valence-corrected chi connectivity index (χ0v) is 11.9. The number of amides is 1. The van der Waals surface area contributed by atoms with Crippen LogP contribution in [0.2, 0.25) is 5.02 Å². The Labute approximate surface area is 126 Å². The van der Waals surface area contributed by atoms with Crippen molar-refractivity contribution in [2.24, 2.45) is 0 Å².